The van der Waals surface area contributed by atoms with E-state index >= 15 is 0 Å². The van der Waals surface area contributed by atoms with Crippen LogP contribution in [-0.2, 0) is 5.75 Å². The maximum absolute atomic E-state index is 4.84. The number of hydrogen-bond acceptors (Lipinski definition) is 4. The van der Waals surface area contributed by atoms with Crippen LogP contribution in [0.1, 0.15) is 55.2 Å². The van der Waals surface area contributed by atoms with Crippen LogP contribution in [0.25, 0.3) is 4.96 Å². The van der Waals surface area contributed by atoms with E-state index < -0.39 is 0 Å². The first-order chi connectivity index (χ1) is 11.2. The van der Waals surface area contributed by atoms with E-state index in [-0.39, 0.29) is 0 Å². The van der Waals surface area contributed by atoms with Crippen molar-refractivity contribution >= 4 is 28.1 Å². The van der Waals surface area contributed by atoms with Crippen molar-refractivity contribution in [3.8, 4) is 0 Å². The Balaban J connectivity index is 1.55. The topological polar surface area (TPSA) is 35.1 Å². The molecule has 4 nitrogen and oxygen atoms in total. The average molecular weight is 347 g/mol. The molecule has 0 saturated heterocycles. The van der Waals surface area contributed by atoms with Gasteiger partial charge in [0, 0.05) is 35.3 Å². The number of thioether (sulfide) groups is 1. The van der Waals surface area contributed by atoms with Crippen molar-refractivity contribution < 1.29 is 0 Å². The summed E-state index contributed by atoms with van der Waals surface area (Å²) in [5.41, 5.74) is 3.64. The van der Waals surface area contributed by atoms with Crippen molar-refractivity contribution in [3.05, 3.63) is 34.9 Å². The third-order valence-electron chi connectivity index (χ3n) is 4.79. The predicted molar refractivity (Wildman–Crippen MR) is 96.5 cm³/mol. The summed E-state index contributed by atoms with van der Waals surface area (Å²) in [4.78, 5) is 10.6. The summed E-state index contributed by atoms with van der Waals surface area (Å²) in [6.07, 6.45) is 10.9. The summed E-state index contributed by atoms with van der Waals surface area (Å²) < 4.78 is 4.60. The van der Waals surface area contributed by atoms with E-state index in [0.717, 1.165) is 16.4 Å². The highest BCUT2D eigenvalue weighted by Gasteiger charge is 2.22. The Morgan fingerprint density at radius 1 is 1.22 bits per heavy atom. The van der Waals surface area contributed by atoms with Gasteiger partial charge >= 0.3 is 0 Å². The molecule has 0 aromatic carbocycles. The van der Waals surface area contributed by atoms with Crippen molar-refractivity contribution in [1.82, 2.24) is 18.9 Å². The van der Waals surface area contributed by atoms with Crippen LogP contribution in [0.5, 0.6) is 0 Å². The molecule has 3 heterocycles. The van der Waals surface area contributed by atoms with Crippen LogP contribution in [0.3, 0.4) is 0 Å². The average Bonchev–Trinajstić information content (AvgIpc) is 3.21. The van der Waals surface area contributed by atoms with E-state index in [1.807, 2.05) is 11.8 Å². The van der Waals surface area contributed by atoms with Gasteiger partial charge in [0.05, 0.1) is 11.4 Å². The van der Waals surface area contributed by atoms with Crippen LogP contribution >= 0.6 is 23.1 Å². The maximum Gasteiger partial charge on any atom is 0.193 e. The Bertz CT molecular complexity index is 779. The van der Waals surface area contributed by atoms with Gasteiger partial charge in [-0.05, 0) is 26.7 Å². The molecule has 0 radical (unpaired) electrons. The van der Waals surface area contributed by atoms with Gasteiger partial charge in [0.15, 0.2) is 10.1 Å². The summed E-state index contributed by atoms with van der Waals surface area (Å²) in [5, 5.41) is 3.24. The standard InChI is InChI=1S/C17H22N4S2/c1-12-13(2)21(15-6-4-3-5-7-15)17(18-12)23-11-14-10-20-8-9-22-16(20)19-14/h8-10,15H,3-7,11H2,1-2H3. The molecule has 0 atom stereocenters. The van der Waals surface area contributed by atoms with E-state index in [0.29, 0.717) is 6.04 Å². The Kier molecular flexibility index (Phi) is 4.20. The molecule has 3 aromatic heterocycles. The highest BCUT2D eigenvalue weighted by Crippen LogP contribution is 2.35. The molecule has 4 rings (SSSR count). The molecule has 1 aliphatic rings. The van der Waals surface area contributed by atoms with Gasteiger partial charge in [-0.3, -0.25) is 4.40 Å². The lowest BCUT2D eigenvalue weighted by Gasteiger charge is -2.26. The lowest BCUT2D eigenvalue weighted by molar-refractivity contribution is 0.332. The highest BCUT2D eigenvalue weighted by molar-refractivity contribution is 7.98. The molecule has 23 heavy (non-hydrogen) atoms. The Labute approximate surface area is 145 Å². The van der Waals surface area contributed by atoms with Crippen molar-refractivity contribution in [3.63, 3.8) is 0 Å². The molecule has 1 aliphatic carbocycles. The Hall–Kier alpha value is -1.27. The van der Waals surface area contributed by atoms with E-state index in [1.165, 1.54) is 48.6 Å². The summed E-state index contributed by atoms with van der Waals surface area (Å²) in [6.45, 7) is 4.35. The zero-order valence-corrected chi connectivity index (χ0v) is 15.3. The quantitative estimate of drug-likeness (QED) is 0.623. The first kappa shape index (κ1) is 15.3. The summed E-state index contributed by atoms with van der Waals surface area (Å²) in [7, 11) is 0. The van der Waals surface area contributed by atoms with Gasteiger partial charge in [-0.15, -0.1) is 11.3 Å². The summed E-state index contributed by atoms with van der Waals surface area (Å²) >= 11 is 3.51. The second kappa shape index (κ2) is 6.32. The summed E-state index contributed by atoms with van der Waals surface area (Å²) in [6, 6.07) is 0.637. The number of thiazole rings is 1. The molecule has 0 bridgehead atoms. The number of aromatic nitrogens is 4. The molecule has 0 N–H and O–H groups in total. The lowest BCUT2D eigenvalue weighted by atomic mass is 9.95. The van der Waals surface area contributed by atoms with Gasteiger partial charge in [-0.25, -0.2) is 9.97 Å². The third kappa shape index (κ3) is 2.94. The molecule has 1 saturated carbocycles. The molecule has 0 aliphatic heterocycles. The van der Waals surface area contributed by atoms with Crippen molar-refractivity contribution in [2.45, 2.75) is 62.9 Å². The number of rotatable bonds is 4. The van der Waals surface area contributed by atoms with Crippen molar-refractivity contribution in [2.75, 3.05) is 0 Å². The summed E-state index contributed by atoms with van der Waals surface area (Å²) in [5.74, 6) is 0.886. The second-order valence-electron chi connectivity index (χ2n) is 6.34. The molecule has 6 heteroatoms. The molecule has 0 amide bonds. The Morgan fingerprint density at radius 3 is 2.83 bits per heavy atom. The maximum atomic E-state index is 4.84. The van der Waals surface area contributed by atoms with Crippen LogP contribution in [0.4, 0.5) is 0 Å². The number of fused-ring (bicyclic) bond motifs is 1. The minimum Gasteiger partial charge on any atom is -0.320 e. The smallest absolute Gasteiger partial charge is 0.193 e. The van der Waals surface area contributed by atoms with Crippen LogP contribution in [0.15, 0.2) is 22.9 Å². The highest BCUT2D eigenvalue weighted by atomic mass is 32.2. The van der Waals surface area contributed by atoms with E-state index in [9.17, 15) is 0 Å². The molecular weight excluding hydrogens is 324 g/mol. The molecule has 0 spiro atoms. The Morgan fingerprint density at radius 2 is 2.04 bits per heavy atom. The molecule has 1 fully saturated rings. The first-order valence-corrected chi connectivity index (χ1v) is 10.2. The number of hydrogen-bond donors (Lipinski definition) is 0. The number of aryl methyl sites for hydroxylation is 1. The zero-order valence-electron chi connectivity index (χ0n) is 13.7. The first-order valence-electron chi connectivity index (χ1n) is 8.31. The fourth-order valence-electron chi connectivity index (χ4n) is 3.45. The fraction of sp³-hybridized carbons (Fsp3) is 0.529. The van der Waals surface area contributed by atoms with Crippen molar-refractivity contribution in [2.24, 2.45) is 0 Å². The van der Waals surface area contributed by atoms with Crippen LogP contribution < -0.4 is 0 Å². The molecule has 0 unspecified atom stereocenters. The van der Waals surface area contributed by atoms with Crippen LogP contribution in [0, 0.1) is 13.8 Å². The van der Waals surface area contributed by atoms with Crippen molar-refractivity contribution in [1.29, 1.82) is 0 Å². The zero-order chi connectivity index (χ0) is 15.8. The van der Waals surface area contributed by atoms with E-state index in [2.05, 4.69) is 45.6 Å². The molecular formula is C17H22N4S2. The second-order valence-corrected chi connectivity index (χ2v) is 8.16. The minimum atomic E-state index is 0.637. The largest absolute Gasteiger partial charge is 0.320 e. The lowest BCUT2D eigenvalue weighted by Crippen LogP contribution is -2.15. The van der Waals surface area contributed by atoms with E-state index in [4.69, 9.17) is 4.98 Å². The number of nitrogens with zero attached hydrogens (tertiary/aromatic N) is 4. The fourth-order valence-corrected chi connectivity index (χ4v) is 5.21. The van der Waals surface area contributed by atoms with Gasteiger partial charge < -0.3 is 4.57 Å². The SMILES string of the molecule is Cc1nc(SCc2cn3ccsc3n2)n(C2CCCCC2)c1C. The normalized spacial score (nSPS) is 16.4. The third-order valence-corrected chi connectivity index (χ3v) is 6.54. The molecule has 3 aromatic rings. The minimum absolute atomic E-state index is 0.637. The van der Waals surface area contributed by atoms with Gasteiger partial charge in [-0.1, -0.05) is 31.0 Å². The van der Waals surface area contributed by atoms with Gasteiger partial charge in [0.2, 0.25) is 0 Å². The monoisotopic (exact) mass is 346 g/mol. The number of imidazole rings is 2. The van der Waals surface area contributed by atoms with Crippen LogP contribution in [0.2, 0.25) is 0 Å². The molecule has 122 valence electrons. The van der Waals surface area contributed by atoms with Crippen LogP contribution in [-0.4, -0.2) is 18.9 Å². The van der Waals surface area contributed by atoms with Gasteiger partial charge in [0.25, 0.3) is 0 Å². The predicted octanol–water partition coefficient (Wildman–Crippen LogP) is 5.01. The van der Waals surface area contributed by atoms with Gasteiger partial charge in [0.1, 0.15) is 0 Å². The van der Waals surface area contributed by atoms with Gasteiger partial charge in [-0.2, -0.15) is 0 Å². The van der Waals surface area contributed by atoms with E-state index in [1.54, 1.807) is 11.3 Å².